The zero-order valence-electron chi connectivity index (χ0n) is 16.7. The largest absolute Gasteiger partial charge is 0.468 e. The monoisotopic (exact) mass is 430 g/mol. The predicted molar refractivity (Wildman–Crippen MR) is 111 cm³/mol. The molecule has 0 saturated heterocycles. The molecule has 0 atom stereocenters. The maximum atomic E-state index is 12.6. The smallest absolute Gasteiger partial charge is 0.422 e. The summed E-state index contributed by atoms with van der Waals surface area (Å²) in [4.78, 5) is 20.7. The minimum atomic E-state index is -4.47. The number of nitrogens with zero attached hydrogens (tertiary/aromatic N) is 2. The molecule has 2 heterocycles. The Hall–Kier alpha value is -3.62. The number of aromatic nitrogens is 2. The summed E-state index contributed by atoms with van der Waals surface area (Å²) < 4.78 is 42.7. The fourth-order valence-corrected chi connectivity index (χ4v) is 2.82. The highest BCUT2D eigenvalue weighted by Crippen LogP contribution is 2.30. The predicted octanol–water partition coefficient (Wildman–Crippen LogP) is 4.45. The number of carbonyl (C=O) groups excluding carboxylic acids is 1. The first-order valence-corrected chi connectivity index (χ1v) is 9.57. The standard InChI is InChI=1S/C22H21F3N4O2/c1-2-26-19-11-17(8-9-27-19)20(30)28-12-15-10-18(16-6-4-3-5-7-16)21(29-13-15)31-14-22(23,24)25/h3-11,13H,2,12,14H2,1H3,(H,26,27)(H,28,30). The van der Waals surface area contributed by atoms with Gasteiger partial charge in [-0.05, 0) is 36.2 Å². The average Bonchev–Trinajstić information content (AvgIpc) is 2.77. The molecule has 162 valence electrons. The molecule has 0 saturated carbocycles. The van der Waals surface area contributed by atoms with Crippen LogP contribution in [0.4, 0.5) is 19.0 Å². The number of halogens is 3. The second kappa shape index (κ2) is 9.92. The van der Waals surface area contributed by atoms with E-state index in [0.717, 1.165) is 0 Å². The molecular weight excluding hydrogens is 409 g/mol. The van der Waals surface area contributed by atoms with Crippen molar-refractivity contribution in [3.63, 3.8) is 0 Å². The van der Waals surface area contributed by atoms with Gasteiger partial charge in [-0.2, -0.15) is 13.2 Å². The Morgan fingerprint density at radius 2 is 1.87 bits per heavy atom. The molecule has 6 nitrogen and oxygen atoms in total. The number of rotatable bonds is 8. The van der Waals surface area contributed by atoms with Gasteiger partial charge in [0.05, 0.1) is 0 Å². The Bertz CT molecular complexity index is 1030. The lowest BCUT2D eigenvalue weighted by Gasteiger charge is -2.14. The Morgan fingerprint density at radius 3 is 2.58 bits per heavy atom. The van der Waals surface area contributed by atoms with Crippen LogP contribution in [0.2, 0.25) is 0 Å². The molecule has 0 unspecified atom stereocenters. The van der Waals surface area contributed by atoms with Gasteiger partial charge in [0.15, 0.2) is 6.61 Å². The third-order valence-corrected chi connectivity index (χ3v) is 4.20. The van der Waals surface area contributed by atoms with Gasteiger partial charge < -0.3 is 15.4 Å². The molecule has 3 rings (SSSR count). The zero-order valence-corrected chi connectivity index (χ0v) is 16.7. The summed E-state index contributed by atoms with van der Waals surface area (Å²) in [7, 11) is 0. The van der Waals surface area contributed by atoms with Gasteiger partial charge in [-0.3, -0.25) is 4.79 Å². The minimum Gasteiger partial charge on any atom is -0.468 e. The van der Waals surface area contributed by atoms with Gasteiger partial charge >= 0.3 is 6.18 Å². The summed E-state index contributed by atoms with van der Waals surface area (Å²) in [6.45, 7) is 1.30. The summed E-state index contributed by atoms with van der Waals surface area (Å²) in [6, 6.07) is 13.7. The summed E-state index contributed by atoms with van der Waals surface area (Å²) >= 11 is 0. The van der Waals surface area contributed by atoms with E-state index in [9.17, 15) is 18.0 Å². The van der Waals surface area contributed by atoms with Crippen molar-refractivity contribution in [2.24, 2.45) is 0 Å². The van der Waals surface area contributed by atoms with E-state index >= 15 is 0 Å². The van der Waals surface area contributed by atoms with Crippen molar-refractivity contribution in [2.75, 3.05) is 18.5 Å². The van der Waals surface area contributed by atoms with E-state index in [0.29, 0.717) is 34.6 Å². The number of carbonyl (C=O) groups is 1. The second-order valence-electron chi connectivity index (χ2n) is 6.61. The van der Waals surface area contributed by atoms with Crippen LogP contribution in [0, 0.1) is 0 Å². The number of ether oxygens (including phenoxy) is 1. The normalized spacial score (nSPS) is 11.1. The SMILES string of the molecule is CCNc1cc(C(=O)NCc2cnc(OCC(F)(F)F)c(-c3ccccc3)c2)ccn1. The van der Waals surface area contributed by atoms with Crippen LogP contribution in [0.25, 0.3) is 11.1 Å². The van der Waals surface area contributed by atoms with Gasteiger partial charge in [-0.25, -0.2) is 9.97 Å². The molecule has 0 aliphatic rings. The van der Waals surface area contributed by atoms with Crippen molar-refractivity contribution < 1.29 is 22.7 Å². The van der Waals surface area contributed by atoms with Crippen LogP contribution in [-0.4, -0.2) is 35.2 Å². The summed E-state index contributed by atoms with van der Waals surface area (Å²) in [6.07, 6.45) is -1.55. The molecule has 1 amide bonds. The third-order valence-electron chi connectivity index (χ3n) is 4.20. The minimum absolute atomic E-state index is 0.122. The first-order chi connectivity index (χ1) is 14.9. The van der Waals surface area contributed by atoms with Crippen LogP contribution in [0.15, 0.2) is 60.9 Å². The lowest BCUT2D eigenvalue weighted by molar-refractivity contribution is -0.154. The first kappa shape index (κ1) is 22.1. The molecule has 0 aliphatic carbocycles. The van der Waals surface area contributed by atoms with E-state index in [4.69, 9.17) is 4.74 Å². The van der Waals surface area contributed by atoms with E-state index in [2.05, 4.69) is 20.6 Å². The lowest BCUT2D eigenvalue weighted by Crippen LogP contribution is -2.23. The molecular formula is C22H21F3N4O2. The van der Waals surface area contributed by atoms with Crippen molar-refractivity contribution >= 4 is 11.7 Å². The van der Waals surface area contributed by atoms with Crippen LogP contribution in [0.3, 0.4) is 0 Å². The molecule has 0 spiro atoms. The summed E-state index contributed by atoms with van der Waals surface area (Å²) in [5.41, 5.74) is 2.12. The topological polar surface area (TPSA) is 76.1 Å². The molecule has 0 aliphatic heterocycles. The molecule has 2 aromatic heterocycles. The van der Waals surface area contributed by atoms with Crippen LogP contribution < -0.4 is 15.4 Å². The summed E-state index contributed by atoms with van der Waals surface area (Å²) in [5, 5.41) is 5.82. The second-order valence-corrected chi connectivity index (χ2v) is 6.61. The number of hydrogen-bond acceptors (Lipinski definition) is 5. The molecule has 3 aromatic rings. The van der Waals surface area contributed by atoms with Gasteiger partial charge in [0.2, 0.25) is 5.88 Å². The quantitative estimate of drug-likeness (QED) is 0.552. The molecule has 31 heavy (non-hydrogen) atoms. The van der Waals surface area contributed by atoms with Crippen LogP contribution in [-0.2, 0) is 6.54 Å². The number of amides is 1. The van der Waals surface area contributed by atoms with Gasteiger partial charge in [0, 0.05) is 36.6 Å². The molecule has 0 radical (unpaired) electrons. The number of anilines is 1. The molecule has 0 bridgehead atoms. The van der Waals surface area contributed by atoms with Gasteiger partial charge in [0.1, 0.15) is 5.82 Å². The Balaban J connectivity index is 1.77. The highest BCUT2D eigenvalue weighted by atomic mass is 19.4. The number of nitrogens with one attached hydrogen (secondary N) is 2. The summed E-state index contributed by atoms with van der Waals surface area (Å²) in [5.74, 6) is 0.164. The molecule has 2 N–H and O–H groups in total. The number of alkyl halides is 3. The highest BCUT2D eigenvalue weighted by Gasteiger charge is 2.29. The lowest BCUT2D eigenvalue weighted by atomic mass is 10.1. The third kappa shape index (κ3) is 6.43. The molecule has 9 heteroatoms. The molecule has 1 aromatic carbocycles. The van der Waals surface area contributed by atoms with Crippen molar-refractivity contribution in [1.82, 2.24) is 15.3 Å². The van der Waals surface area contributed by atoms with E-state index in [1.165, 1.54) is 12.4 Å². The molecule has 0 fully saturated rings. The first-order valence-electron chi connectivity index (χ1n) is 9.57. The van der Waals surface area contributed by atoms with Gasteiger partial charge in [0.25, 0.3) is 5.91 Å². The zero-order chi connectivity index (χ0) is 22.3. The number of benzene rings is 1. The Kier molecular flexibility index (Phi) is 7.07. The number of pyridine rings is 2. The van der Waals surface area contributed by atoms with Crippen molar-refractivity contribution in [3.8, 4) is 17.0 Å². The van der Waals surface area contributed by atoms with Crippen LogP contribution in [0.1, 0.15) is 22.8 Å². The fourth-order valence-electron chi connectivity index (χ4n) is 2.82. The van der Waals surface area contributed by atoms with Gasteiger partial charge in [-0.15, -0.1) is 0 Å². The van der Waals surface area contributed by atoms with E-state index in [1.807, 2.05) is 6.92 Å². The van der Waals surface area contributed by atoms with Crippen molar-refractivity contribution in [3.05, 3.63) is 72.1 Å². The van der Waals surface area contributed by atoms with Crippen molar-refractivity contribution in [1.29, 1.82) is 0 Å². The van der Waals surface area contributed by atoms with Gasteiger partial charge in [-0.1, -0.05) is 30.3 Å². The van der Waals surface area contributed by atoms with E-state index < -0.39 is 12.8 Å². The van der Waals surface area contributed by atoms with E-state index in [1.54, 1.807) is 48.5 Å². The Labute approximate surface area is 177 Å². The maximum Gasteiger partial charge on any atom is 0.422 e. The maximum absolute atomic E-state index is 12.6. The Morgan fingerprint density at radius 1 is 1.10 bits per heavy atom. The fraction of sp³-hybridized carbons (Fsp3) is 0.227. The van der Waals surface area contributed by atoms with Crippen LogP contribution in [0.5, 0.6) is 5.88 Å². The van der Waals surface area contributed by atoms with E-state index in [-0.39, 0.29) is 18.3 Å². The number of hydrogen-bond donors (Lipinski definition) is 2. The van der Waals surface area contributed by atoms with Crippen LogP contribution >= 0.6 is 0 Å². The highest BCUT2D eigenvalue weighted by molar-refractivity contribution is 5.94. The van der Waals surface area contributed by atoms with Crippen molar-refractivity contribution in [2.45, 2.75) is 19.6 Å². The average molecular weight is 430 g/mol.